The van der Waals surface area contributed by atoms with Gasteiger partial charge in [-0.05, 0) is 49.8 Å². The number of allylic oxidation sites excluding steroid dienone is 1. The van der Waals surface area contributed by atoms with E-state index in [1.165, 1.54) is 39.6 Å². The molecule has 3 N–H and O–H groups in total. The molecule has 0 saturated carbocycles. The molecule has 266 valence electrons. The van der Waals surface area contributed by atoms with E-state index in [2.05, 4.69) is 19.2 Å². The Morgan fingerprint density at radius 1 is 0.851 bits per heavy atom. The van der Waals surface area contributed by atoms with Gasteiger partial charge in [0.15, 0.2) is 5.60 Å². The zero-order valence-corrected chi connectivity index (χ0v) is 29.1. The van der Waals surface area contributed by atoms with Crippen molar-refractivity contribution in [3.05, 3.63) is 42.0 Å². The number of carboxylic acid groups (broad SMARTS) is 1. The van der Waals surface area contributed by atoms with Gasteiger partial charge in [-0.15, -0.1) is 0 Å². The molecule has 1 aromatic carbocycles. The minimum absolute atomic E-state index is 0.0923. The van der Waals surface area contributed by atoms with E-state index in [0.717, 1.165) is 56.9 Å². The van der Waals surface area contributed by atoms with E-state index in [9.17, 15) is 29.4 Å². The lowest BCUT2D eigenvalue weighted by atomic mass is 9.83. The minimum Gasteiger partial charge on any atom is -0.494 e. The van der Waals surface area contributed by atoms with Crippen LogP contribution in [0.2, 0.25) is 0 Å². The number of carbonyl (C=O) groups is 4. The number of hydrogen-bond acceptors (Lipinski definition) is 8. The smallest absolute Gasteiger partial charge is 0.336 e. The van der Waals surface area contributed by atoms with Crippen molar-refractivity contribution < 1.29 is 43.6 Å². The highest BCUT2D eigenvalue weighted by atomic mass is 16.5. The highest BCUT2D eigenvalue weighted by Gasteiger charge is 2.47. The fraction of sp³-hybridized carbons (Fsp3) is 0.676. The molecule has 0 bridgehead atoms. The van der Waals surface area contributed by atoms with Gasteiger partial charge in [0.1, 0.15) is 17.6 Å². The van der Waals surface area contributed by atoms with Gasteiger partial charge in [0.25, 0.3) is 0 Å². The van der Waals surface area contributed by atoms with Gasteiger partial charge < -0.3 is 29.7 Å². The molecule has 0 fully saturated rings. The van der Waals surface area contributed by atoms with Crippen LogP contribution in [0, 0.1) is 5.92 Å². The number of amides is 1. The first-order chi connectivity index (χ1) is 22.6. The van der Waals surface area contributed by atoms with E-state index in [1.807, 2.05) is 0 Å². The molecule has 0 aliphatic carbocycles. The summed E-state index contributed by atoms with van der Waals surface area (Å²) in [6.07, 6.45) is 15.7. The van der Waals surface area contributed by atoms with E-state index < -0.39 is 35.4 Å². The number of carboxylic acids is 1. The van der Waals surface area contributed by atoms with E-state index in [-0.39, 0.29) is 19.4 Å². The molecule has 47 heavy (non-hydrogen) atoms. The van der Waals surface area contributed by atoms with Crippen LogP contribution in [0.5, 0.6) is 5.75 Å². The van der Waals surface area contributed by atoms with Gasteiger partial charge >= 0.3 is 11.9 Å². The fourth-order valence-electron chi connectivity index (χ4n) is 5.23. The number of nitrogens with one attached hydrogen (secondary N) is 1. The lowest BCUT2D eigenvalue weighted by Crippen LogP contribution is -2.55. The number of methoxy groups -OCH3 is 2. The maximum absolute atomic E-state index is 13.6. The van der Waals surface area contributed by atoms with Crippen LogP contribution in [0.25, 0.3) is 0 Å². The molecule has 0 aliphatic heterocycles. The van der Waals surface area contributed by atoms with Crippen LogP contribution >= 0.6 is 0 Å². The van der Waals surface area contributed by atoms with Crippen molar-refractivity contribution in [2.24, 2.45) is 5.92 Å². The lowest BCUT2D eigenvalue weighted by molar-refractivity contribution is -0.169. The summed E-state index contributed by atoms with van der Waals surface area (Å²) in [7, 11) is 2.59. The zero-order valence-electron chi connectivity index (χ0n) is 29.1. The molecule has 0 saturated heterocycles. The largest absolute Gasteiger partial charge is 0.494 e. The number of aliphatic carboxylic acids is 1. The second kappa shape index (κ2) is 24.9. The van der Waals surface area contributed by atoms with Crippen molar-refractivity contribution in [2.45, 2.75) is 128 Å². The molecule has 0 unspecified atom stereocenters. The molecule has 1 aromatic rings. The van der Waals surface area contributed by atoms with Crippen molar-refractivity contribution in [3.63, 3.8) is 0 Å². The van der Waals surface area contributed by atoms with Crippen LogP contribution in [0.3, 0.4) is 0 Å². The first-order valence-electron chi connectivity index (χ1n) is 17.4. The molecule has 0 radical (unpaired) electrons. The molecule has 0 spiro atoms. The van der Waals surface area contributed by atoms with Gasteiger partial charge in [-0.2, -0.15) is 0 Å². The van der Waals surface area contributed by atoms with Crippen molar-refractivity contribution in [2.75, 3.05) is 27.4 Å². The summed E-state index contributed by atoms with van der Waals surface area (Å²) >= 11 is 0. The Balaban J connectivity index is 2.85. The Labute approximate surface area is 281 Å². The van der Waals surface area contributed by atoms with Crippen LogP contribution in [-0.2, 0) is 35.1 Å². The molecule has 0 heterocycles. The maximum Gasteiger partial charge on any atom is 0.336 e. The van der Waals surface area contributed by atoms with Gasteiger partial charge in [-0.25, -0.2) is 9.59 Å². The molecular weight excluding hydrogens is 602 g/mol. The van der Waals surface area contributed by atoms with Crippen molar-refractivity contribution in [1.29, 1.82) is 0 Å². The summed E-state index contributed by atoms with van der Waals surface area (Å²) in [5, 5.41) is 23.9. The van der Waals surface area contributed by atoms with Crippen LogP contribution in [0.1, 0.15) is 116 Å². The standard InChI is InChI=1S/C37H59NO9/c1-5-7-9-12-15-18-30(39)19-16-13-10-11-14-17-20-32(37(44,36(42)43)25-27-45-3)34(40)38-33(35(41)46-4)28-29-21-23-31(24-22-29)47-26-8-6-2/h17,20-24,32-33,44H,5-16,18-19,25-28H2,1-4H3,(H,38,40)(H,42,43)/b20-17+/t32-,33+,37+/m1/s1. The van der Waals surface area contributed by atoms with Gasteiger partial charge in [0, 0.05) is 39.4 Å². The highest BCUT2D eigenvalue weighted by Crippen LogP contribution is 2.26. The molecule has 10 nitrogen and oxygen atoms in total. The van der Waals surface area contributed by atoms with E-state index in [4.69, 9.17) is 14.2 Å². The Morgan fingerprint density at radius 3 is 2.04 bits per heavy atom. The maximum atomic E-state index is 13.6. The number of aliphatic hydroxyl groups is 1. The average Bonchev–Trinajstić information content (AvgIpc) is 3.06. The summed E-state index contributed by atoms with van der Waals surface area (Å²) < 4.78 is 15.6. The summed E-state index contributed by atoms with van der Waals surface area (Å²) in [4.78, 5) is 50.7. The zero-order chi connectivity index (χ0) is 34.9. The van der Waals surface area contributed by atoms with E-state index >= 15 is 0 Å². The monoisotopic (exact) mass is 661 g/mol. The normalized spacial score (nSPS) is 13.9. The van der Waals surface area contributed by atoms with Crippen molar-refractivity contribution in [3.8, 4) is 5.75 Å². The van der Waals surface area contributed by atoms with E-state index in [0.29, 0.717) is 37.4 Å². The number of esters is 1. The molecular formula is C37H59NO9. The lowest BCUT2D eigenvalue weighted by Gasteiger charge is -2.30. The molecule has 0 aromatic heterocycles. The Kier molecular flexibility index (Phi) is 22.1. The van der Waals surface area contributed by atoms with Gasteiger partial charge in [0.05, 0.1) is 19.6 Å². The molecule has 3 atom stereocenters. The second-order valence-corrected chi connectivity index (χ2v) is 12.2. The Bertz CT molecular complexity index is 1070. The van der Waals surface area contributed by atoms with Crippen molar-refractivity contribution >= 4 is 23.6 Å². The van der Waals surface area contributed by atoms with Crippen molar-refractivity contribution in [1.82, 2.24) is 5.32 Å². The Morgan fingerprint density at radius 2 is 1.47 bits per heavy atom. The third-order valence-electron chi connectivity index (χ3n) is 8.25. The Hall–Kier alpha value is -3.24. The molecule has 0 aliphatic rings. The third-order valence-corrected chi connectivity index (χ3v) is 8.25. The number of unbranched alkanes of at least 4 members (excludes halogenated alkanes) is 9. The first kappa shape index (κ1) is 41.8. The third kappa shape index (κ3) is 16.9. The SMILES string of the molecule is CCCCCCCC(=O)CCCCCC/C=C/[C@H](C(=O)N[C@@H](Cc1ccc(OCCCC)cc1)C(=O)OC)[C@@](O)(CCOC)C(=O)O. The predicted molar refractivity (Wildman–Crippen MR) is 182 cm³/mol. The van der Waals surface area contributed by atoms with Crippen LogP contribution in [0.4, 0.5) is 0 Å². The quantitative estimate of drug-likeness (QED) is 0.0530. The topological polar surface area (TPSA) is 148 Å². The number of ketones is 1. The second-order valence-electron chi connectivity index (χ2n) is 12.2. The number of Topliss-reactive ketones (excluding diaryl/α,β-unsaturated/α-hetero) is 1. The summed E-state index contributed by atoms with van der Waals surface area (Å²) in [5.74, 6) is -3.56. The molecule has 10 heteroatoms. The number of hydrogen-bond donors (Lipinski definition) is 3. The van der Waals surface area contributed by atoms with Crippen LogP contribution < -0.4 is 10.1 Å². The summed E-state index contributed by atoms with van der Waals surface area (Å²) in [5.41, 5.74) is -1.73. The van der Waals surface area contributed by atoms with Gasteiger partial charge in [0.2, 0.25) is 5.91 Å². The van der Waals surface area contributed by atoms with E-state index in [1.54, 1.807) is 30.3 Å². The molecule has 1 amide bonds. The number of rotatable bonds is 28. The highest BCUT2D eigenvalue weighted by molar-refractivity contribution is 5.92. The van der Waals surface area contributed by atoms with Crippen LogP contribution in [0.15, 0.2) is 36.4 Å². The minimum atomic E-state index is -2.47. The number of ether oxygens (including phenoxy) is 3. The first-order valence-corrected chi connectivity index (χ1v) is 17.4. The number of carbonyl (C=O) groups excluding carboxylic acids is 3. The predicted octanol–water partition coefficient (Wildman–Crippen LogP) is 6.36. The average molecular weight is 662 g/mol. The number of benzene rings is 1. The molecule has 1 rings (SSSR count). The van der Waals surface area contributed by atoms with Gasteiger partial charge in [-0.3, -0.25) is 9.59 Å². The fourth-order valence-corrected chi connectivity index (χ4v) is 5.23. The summed E-state index contributed by atoms with van der Waals surface area (Å²) in [6.45, 7) is 4.76. The van der Waals surface area contributed by atoms with Gasteiger partial charge in [-0.1, -0.05) is 83.1 Å². The van der Waals surface area contributed by atoms with Crippen LogP contribution in [-0.4, -0.2) is 72.9 Å². The summed E-state index contributed by atoms with van der Waals surface area (Å²) in [6, 6.07) is 6.03.